The summed E-state index contributed by atoms with van der Waals surface area (Å²) in [6.45, 7) is 5.69. The molecule has 0 spiro atoms. The topological polar surface area (TPSA) is 47.0 Å². The molecular formula is C13H16ClN3OS. The summed E-state index contributed by atoms with van der Waals surface area (Å²) in [5.74, 6) is 0.739. The standard InChI is InChI=1S/C13H16ClN3OS/c1-3-15-8-12-16-17-13(19-12)9(2)18-11-6-4-5-10(14)7-11/h4-7,9,15H,3,8H2,1-2H3. The molecule has 0 aliphatic rings. The molecule has 2 aromatic rings. The van der Waals surface area contributed by atoms with E-state index < -0.39 is 0 Å². The monoisotopic (exact) mass is 297 g/mol. The maximum Gasteiger partial charge on any atom is 0.157 e. The Balaban J connectivity index is 1.99. The van der Waals surface area contributed by atoms with Crippen LogP contribution in [-0.2, 0) is 6.54 Å². The van der Waals surface area contributed by atoms with Crippen molar-refractivity contribution < 1.29 is 4.74 Å². The molecule has 1 atom stereocenters. The first-order valence-corrected chi connectivity index (χ1v) is 7.33. The smallest absolute Gasteiger partial charge is 0.157 e. The van der Waals surface area contributed by atoms with Crippen molar-refractivity contribution in [3.8, 4) is 5.75 Å². The lowest BCUT2D eigenvalue weighted by Crippen LogP contribution is -2.11. The highest BCUT2D eigenvalue weighted by atomic mass is 35.5. The molecule has 0 fully saturated rings. The number of benzene rings is 1. The Morgan fingerprint density at radius 2 is 2.26 bits per heavy atom. The summed E-state index contributed by atoms with van der Waals surface area (Å²) in [6.07, 6.45) is -0.133. The average molecular weight is 298 g/mol. The van der Waals surface area contributed by atoms with Crippen LogP contribution < -0.4 is 10.1 Å². The van der Waals surface area contributed by atoms with Crippen LogP contribution >= 0.6 is 22.9 Å². The van der Waals surface area contributed by atoms with Crippen molar-refractivity contribution in [1.82, 2.24) is 15.5 Å². The molecule has 1 N–H and O–H groups in total. The minimum Gasteiger partial charge on any atom is -0.483 e. The third-order valence-electron chi connectivity index (χ3n) is 2.47. The van der Waals surface area contributed by atoms with E-state index in [1.54, 1.807) is 17.4 Å². The van der Waals surface area contributed by atoms with Gasteiger partial charge in [0, 0.05) is 11.6 Å². The Kier molecular flexibility index (Phi) is 5.13. The van der Waals surface area contributed by atoms with Gasteiger partial charge >= 0.3 is 0 Å². The van der Waals surface area contributed by atoms with Crippen molar-refractivity contribution in [2.75, 3.05) is 6.54 Å². The zero-order chi connectivity index (χ0) is 13.7. The Hall–Kier alpha value is -1.17. The molecule has 1 aromatic carbocycles. The normalized spacial score (nSPS) is 12.4. The fourth-order valence-corrected chi connectivity index (χ4v) is 2.50. The maximum atomic E-state index is 5.92. The minimum atomic E-state index is -0.133. The summed E-state index contributed by atoms with van der Waals surface area (Å²) in [5.41, 5.74) is 0. The molecule has 6 heteroatoms. The van der Waals surface area contributed by atoms with Crippen LogP contribution in [0.1, 0.15) is 30.0 Å². The van der Waals surface area contributed by atoms with Gasteiger partial charge in [-0.25, -0.2) is 0 Å². The van der Waals surface area contributed by atoms with Gasteiger partial charge in [0.25, 0.3) is 0 Å². The molecule has 0 saturated heterocycles. The van der Waals surface area contributed by atoms with Crippen molar-refractivity contribution >= 4 is 22.9 Å². The molecule has 2 rings (SSSR count). The van der Waals surface area contributed by atoms with Crippen molar-refractivity contribution in [2.24, 2.45) is 0 Å². The lowest BCUT2D eigenvalue weighted by molar-refractivity contribution is 0.225. The lowest BCUT2D eigenvalue weighted by Gasteiger charge is -2.11. The molecule has 1 aromatic heterocycles. The van der Waals surface area contributed by atoms with Crippen LogP contribution in [0.5, 0.6) is 5.75 Å². The van der Waals surface area contributed by atoms with Crippen molar-refractivity contribution in [3.05, 3.63) is 39.3 Å². The first-order valence-electron chi connectivity index (χ1n) is 6.14. The third-order valence-corrected chi connectivity index (χ3v) is 3.78. The van der Waals surface area contributed by atoms with Gasteiger partial charge in [-0.3, -0.25) is 0 Å². The van der Waals surface area contributed by atoms with Gasteiger partial charge in [0.05, 0.1) is 0 Å². The zero-order valence-electron chi connectivity index (χ0n) is 10.9. The quantitative estimate of drug-likeness (QED) is 0.887. The van der Waals surface area contributed by atoms with Crippen LogP contribution in [0.4, 0.5) is 0 Å². The molecule has 4 nitrogen and oxygen atoms in total. The largest absolute Gasteiger partial charge is 0.483 e. The van der Waals surface area contributed by atoms with E-state index in [-0.39, 0.29) is 6.10 Å². The van der Waals surface area contributed by atoms with Crippen LogP contribution in [0.25, 0.3) is 0 Å². The number of nitrogens with zero attached hydrogens (tertiary/aromatic N) is 2. The van der Waals surface area contributed by atoms with Crippen molar-refractivity contribution in [1.29, 1.82) is 0 Å². The first-order chi connectivity index (χ1) is 9.19. The highest BCUT2D eigenvalue weighted by Crippen LogP contribution is 2.25. The zero-order valence-corrected chi connectivity index (χ0v) is 12.5. The third kappa shape index (κ3) is 4.16. The number of halogens is 1. The summed E-state index contributed by atoms with van der Waals surface area (Å²) < 4.78 is 5.80. The minimum absolute atomic E-state index is 0.133. The summed E-state index contributed by atoms with van der Waals surface area (Å²) >= 11 is 7.48. The predicted molar refractivity (Wildman–Crippen MR) is 77.8 cm³/mol. The predicted octanol–water partition coefficient (Wildman–Crippen LogP) is 3.44. The number of rotatable bonds is 6. The number of hydrogen-bond acceptors (Lipinski definition) is 5. The fourth-order valence-electron chi connectivity index (χ4n) is 1.53. The molecule has 0 aliphatic carbocycles. The van der Waals surface area contributed by atoms with Crippen LogP contribution in [0.2, 0.25) is 5.02 Å². The summed E-state index contributed by atoms with van der Waals surface area (Å²) in [7, 11) is 0. The van der Waals surface area contributed by atoms with E-state index in [0.717, 1.165) is 28.9 Å². The first kappa shape index (κ1) is 14.2. The number of aromatic nitrogens is 2. The molecule has 1 heterocycles. The van der Waals surface area contributed by atoms with Gasteiger partial charge in [0.1, 0.15) is 16.9 Å². The van der Waals surface area contributed by atoms with Crippen LogP contribution in [-0.4, -0.2) is 16.7 Å². The van der Waals surface area contributed by atoms with E-state index in [1.165, 1.54) is 0 Å². The van der Waals surface area contributed by atoms with Gasteiger partial charge in [0.2, 0.25) is 0 Å². The molecule has 0 saturated carbocycles. The number of nitrogens with one attached hydrogen (secondary N) is 1. The second-order valence-corrected chi connectivity index (χ2v) is 5.56. The molecule has 0 bridgehead atoms. The van der Waals surface area contributed by atoms with Crippen LogP contribution in [0, 0.1) is 0 Å². The van der Waals surface area contributed by atoms with E-state index in [2.05, 4.69) is 22.4 Å². The Bertz CT molecular complexity index is 532. The highest BCUT2D eigenvalue weighted by Gasteiger charge is 2.13. The van der Waals surface area contributed by atoms with E-state index in [0.29, 0.717) is 5.02 Å². The lowest BCUT2D eigenvalue weighted by atomic mass is 10.3. The average Bonchev–Trinajstić information content (AvgIpc) is 2.85. The van der Waals surface area contributed by atoms with E-state index in [4.69, 9.17) is 16.3 Å². The second kappa shape index (κ2) is 6.84. The molecule has 0 aliphatic heterocycles. The summed E-state index contributed by atoms with van der Waals surface area (Å²) in [6, 6.07) is 7.35. The van der Waals surface area contributed by atoms with Gasteiger partial charge < -0.3 is 10.1 Å². The van der Waals surface area contributed by atoms with E-state index >= 15 is 0 Å². The SMILES string of the molecule is CCNCc1nnc(C(C)Oc2cccc(Cl)c2)s1. The van der Waals surface area contributed by atoms with Gasteiger partial charge in [0.15, 0.2) is 5.01 Å². The Labute approximate surface area is 121 Å². The van der Waals surface area contributed by atoms with Crippen LogP contribution in [0.3, 0.4) is 0 Å². The Morgan fingerprint density at radius 3 is 3.00 bits per heavy atom. The molecule has 0 amide bonds. The number of ether oxygens (including phenoxy) is 1. The molecular weight excluding hydrogens is 282 g/mol. The summed E-state index contributed by atoms with van der Waals surface area (Å²) in [4.78, 5) is 0. The van der Waals surface area contributed by atoms with Crippen LogP contribution in [0.15, 0.2) is 24.3 Å². The van der Waals surface area contributed by atoms with Crippen molar-refractivity contribution in [2.45, 2.75) is 26.5 Å². The molecule has 0 radical (unpaired) electrons. The molecule has 102 valence electrons. The van der Waals surface area contributed by atoms with Crippen molar-refractivity contribution in [3.63, 3.8) is 0 Å². The molecule has 19 heavy (non-hydrogen) atoms. The highest BCUT2D eigenvalue weighted by molar-refractivity contribution is 7.11. The van der Waals surface area contributed by atoms with Gasteiger partial charge in [-0.1, -0.05) is 35.9 Å². The maximum absolute atomic E-state index is 5.92. The Morgan fingerprint density at radius 1 is 1.42 bits per heavy atom. The van der Waals surface area contributed by atoms with E-state index in [9.17, 15) is 0 Å². The van der Waals surface area contributed by atoms with Gasteiger partial charge in [-0.15, -0.1) is 10.2 Å². The van der Waals surface area contributed by atoms with E-state index in [1.807, 2.05) is 25.1 Å². The van der Waals surface area contributed by atoms with Gasteiger partial charge in [-0.2, -0.15) is 0 Å². The number of hydrogen-bond donors (Lipinski definition) is 1. The summed E-state index contributed by atoms with van der Waals surface area (Å²) in [5, 5.41) is 14.0. The molecule has 1 unspecified atom stereocenters. The second-order valence-electron chi connectivity index (χ2n) is 4.03. The fraction of sp³-hybridized carbons (Fsp3) is 0.385. The van der Waals surface area contributed by atoms with Gasteiger partial charge in [-0.05, 0) is 31.7 Å².